The highest BCUT2D eigenvalue weighted by Crippen LogP contribution is 2.43. The number of benzene rings is 4. The molecule has 1 atom stereocenters. The van der Waals surface area contributed by atoms with E-state index in [0.717, 1.165) is 46.2 Å². The Morgan fingerprint density at radius 3 is 2.13 bits per heavy atom. The van der Waals surface area contributed by atoms with E-state index in [2.05, 4.69) is 18.7 Å². The smallest absolute Gasteiger partial charge is 0.300 e. The molecule has 0 radical (unpaired) electrons. The number of hydrogen-bond donors (Lipinski definition) is 1. The number of nitrogens with zero attached hydrogens (tertiary/aromatic N) is 2. The van der Waals surface area contributed by atoms with Gasteiger partial charge in [0.1, 0.15) is 5.76 Å². The van der Waals surface area contributed by atoms with Crippen LogP contribution in [0.2, 0.25) is 0 Å². The van der Waals surface area contributed by atoms with E-state index in [-0.39, 0.29) is 11.3 Å². The highest BCUT2D eigenvalue weighted by atomic mass is 16.3. The zero-order valence-corrected chi connectivity index (χ0v) is 22.2. The molecule has 0 saturated carbocycles. The van der Waals surface area contributed by atoms with Gasteiger partial charge in [0.2, 0.25) is 0 Å². The van der Waals surface area contributed by atoms with Gasteiger partial charge in [-0.1, -0.05) is 60.7 Å². The lowest BCUT2D eigenvalue weighted by atomic mass is 9.93. The molecule has 5 heteroatoms. The molecule has 0 bridgehead atoms. The van der Waals surface area contributed by atoms with Crippen LogP contribution < -0.4 is 9.80 Å². The first kappa shape index (κ1) is 25.3. The van der Waals surface area contributed by atoms with Crippen molar-refractivity contribution in [2.45, 2.75) is 33.7 Å². The monoisotopic (exact) mass is 504 g/mol. The number of aliphatic hydroxyl groups excluding tert-OH is 1. The van der Waals surface area contributed by atoms with Gasteiger partial charge >= 0.3 is 0 Å². The molecule has 38 heavy (non-hydrogen) atoms. The third-order valence-corrected chi connectivity index (χ3v) is 7.31. The number of rotatable bonds is 6. The van der Waals surface area contributed by atoms with Crippen molar-refractivity contribution in [3.63, 3.8) is 0 Å². The fourth-order valence-electron chi connectivity index (χ4n) is 5.54. The topological polar surface area (TPSA) is 60.9 Å². The fourth-order valence-corrected chi connectivity index (χ4v) is 5.54. The van der Waals surface area contributed by atoms with Crippen LogP contribution in [-0.2, 0) is 9.59 Å². The second kappa shape index (κ2) is 10.2. The Kier molecular flexibility index (Phi) is 6.77. The van der Waals surface area contributed by atoms with E-state index in [9.17, 15) is 14.7 Å². The number of amides is 1. The highest BCUT2D eigenvalue weighted by Gasteiger charge is 2.47. The Balaban J connectivity index is 1.74. The van der Waals surface area contributed by atoms with Gasteiger partial charge in [-0.05, 0) is 79.4 Å². The molecule has 4 aromatic carbocycles. The summed E-state index contributed by atoms with van der Waals surface area (Å²) in [6.45, 7) is 9.90. The highest BCUT2D eigenvalue weighted by molar-refractivity contribution is 6.51. The molecule has 1 N–H and O–H groups in total. The normalized spacial score (nSPS) is 16.8. The second-order valence-electron chi connectivity index (χ2n) is 9.81. The summed E-state index contributed by atoms with van der Waals surface area (Å²) in [5, 5.41) is 13.5. The van der Waals surface area contributed by atoms with Crippen molar-refractivity contribution in [1.82, 2.24) is 0 Å². The third-order valence-electron chi connectivity index (χ3n) is 7.31. The van der Waals surface area contributed by atoms with Gasteiger partial charge in [-0.3, -0.25) is 14.5 Å². The predicted molar refractivity (Wildman–Crippen MR) is 155 cm³/mol. The van der Waals surface area contributed by atoms with Crippen LogP contribution in [0.25, 0.3) is 16.5 Å². The lowest BCUT2D eigenvalue weighted by Crippen LogP contribution is -2.29. The molecule has 1 amide bonds. The van der Waals surface area contributed by atoms with E-state index in [1.54, 1.807) is 6.07 Å². The van der Waals surface area contributed by atoms with Crippen molar-refractivity contribution < 1.29 is 14.7 Å². The minimum Gasteiger partial charge on any atom is -0.507 e. The van der Waals surface area contributed by atoms with Crippen LogP contribution in [-0.4, -0.2) is 29.9 Å². The van der Waals surface area contributed by atoms with Crippen LogP contribution >= 0.6 is 0 Å². The zero-order chi connectivity index (χ0) is 27.0. The van der Waals surface area contributed by atoms with Gasteiger partial charge in [0, 0.05) is 30.0 Å². The van der Waals surface area contributed by atoms with Crippen LogP contribution in [0.3, 0.4) is 0 Å². The van der Waals surface area contributed by atoms with E-state index in [1.165, 1.54) is 4.90 Å². The maximum absolute atomic E-state index is 13.6. The molecule has 1 aliphatic heterocycles. The van der Waals surface area contributed by atoms with Gasteiger partial charge in [-0.25, -0.2) is 0 Å². The summed E-state index contributed by atoms with van der Waals surface area (Å²) in [6, 6.07) is 26.3. The number of ketones is 1. The molecule has 1 heterocycles. The third kappa shape index (κ3) is 4.34. The number of Topliss-reactive ketones (excluding diaryl/α,β-unsaturated/α-hetero) is 1. The van der Waals surface area contributed by atoms with Gasteiger partial charge in [0.25, 0.3) is 11.7 Å². The van der Waals surface area contributed by atoms with Gasteiger partial charge in [-0.15, -0.1) is 0 Å². The molecule has 1 saturated heterocycles. The standard InChI is InChI=1S/C33H32N2O3/c1-5-34(6-2)25-16-14-24(15-17-25)30-29(31(36)28-13-9-11-23-10-7-8-12-27(23)28)32(37)33(38)35(30)26-19-21(3)18-22(4)20-26/h7-20,30,36H,5-6H2,1-4H3/b31-29-. The summed E-state index contributed by atoms with van der Waals surface area (Å²) in [5.74, 6) is -1.49. The maximum Gasteiger partial charge on any atom is 0.300 e. The SMILES string of the molecule is CCN(CC)c1ccc(C2/C(=C(/O)c3cccc4ccccc34)C(=O)C(=O)N2c2cc(C)cc(C)c2)cc1. The fraction of sp³-hybridized carbons (Fsp3) is 0.212. The molecule has 0 aliphatic carbocycles. The first-order valence-electron chi connectivity index (χ1n) is 13.1. The van der Waals surface area contributed by atoms with Gasteiger partial charge in [0.15, 0.2) is 0 Å². The molecule has 0 spiro atoms. The number of aliphatic hydroxyl groups is 1. The Hall–Kier alpha value is -4.38. The van der Waals surface area contributed by atoms with E-state index in [1.807, 2.05) is 92.7 Å². The molecule has 4 aromatic rings. The first-order valence-corrected chi connectivity index (χ1v) is 13.1. The van der Waals surface area contributed by atoms with E-state index < -0.39 is 17.7 Å². The summed E-state index contributed by atoms with van der Waals surface area (Å²) < 4.78 is 0. The Bertz CT molecular complexity index is 1540. The van der Waals surface area contributed by atoms with Crippen LogP contribution in [0, 0.1) is 13.8 Å². The zero-order valence-electron chi connectivity index (χ0n) is 22.2. The van der Waals surface area contributed by atoms with Crippen LogP contribution in [0.5, 0.6) is 0 Å². The molecule has 0 aromatic heterocycles. The number of carbonyl (C=O) groups is 2. The van der Waals surface area contributed by atoms with Crippen molar-refractivity contribution in [3.05, 3.63) is 113 Å². The number of hydrogen-bond acceptors (Lipinski definition) is 4. The van der Waals surface area contributed by atoms with Crippen molar-refractivity contribution >= 4 is 39.6 Å². The summed E-state index contributed by atoms with van der Waals surface area (Å²) in [7, 11) is 0. The Labute approximate surface area is 223 Å². The molecule has 1 fully saturated rings. The lowest BCUT2D eigenvalue weighted by molar-refractivity contribution is -0.132. The average Bonchev–Trinajstić information content (AvgIpc) is 3.18. The quantitative estimate of drug-likeness (QED) is 0.176. The van der Waals surface area contributed by atoms with E-state index in [4.69, 9.17) is 0 Å². The number of carbonyl (C=O) groups excluding carboxylic acids is 2. The minimum absolute atomic E-state index is 0.0982. The summed E-state index contributed by atoms with van der Waals surface area (Å²) in [6.07, 6.45) is 0. The van der Waals surface area contributed by atoms with Crippen molar-refractivity contribution in [1.29, 1.82) is 0 Å². The molecule has 192 valence electrons. The molecule has 1 aliphatic rings. The van der Waals surface area contributed by atoms with Gasteiger partial charge < -0.3 is 10.0 Å². The second-order valence-corrected chi connectivity index (χ2v) is 9.81. The molecule has 5 rings (SSSR count). The lowest BCUT2D eigenvalue weighted by Gasteiger charge is -2.27. The molecular formula is C33H32N2O3. The largest absolute Gasteiger partial charge is 0.507 e. The summed E-state index contributed by atoms with van der Waals surface area (Å²) in [4.78, 5) is 31.0. The number of anilines is 2. The van der Waals surface area contributed by atoms with Crippen LogP contribution in [0.15, 0.2) is 90.5 Å². The van der Waals surface area contributed by atoms with Crippen LogP contribution in [0.4, 0.5) is 11.4 Å². The maximum atomic E-state index is 13.6. The number of fused-ring (bicyclic) bond motifs is 1. The van der Waals surface area contributed by atoms with Crippen LogP contribution in [0.1, 0.15) is 42.1 Å². The Morgan fingerprint density at radius 2 is 1.47 bits per heavy atom. The van der Waals surface area contributed by atoms with Crippen molar-refractivity contribution in [2.75, 3.05) is 22.9 Å². The van der Waals surface area contributed by atoms with Crippen molar-refractivity contribution in [2.24, 2.45) is 0 Å². The summed E-state index contributed by atoms with van der Waals surface area (Å²) in [5.41, 5.74) is 5.09. The average molecular weight is 505 g/mol. The van der Waals surface area contributed by atoms with E-state index >= 15 is 0 Å². The molecule has 5 nitrogen and oxygen atoms in total. The molecular weight excluding hydrogens is 472 g/mol. The summed E-state index contributed by atoms with van der Waals surface area (Å²) >= 11 is 0. The van der Waals surface area contributed by atoms with Gasteiger partial charge in [0.05, 0.1) is 11.6 Å². The van der Waals surface area contributed by atoms with Crippen molar-refractivity contribution in [3.8, 4) is 0 Å². The predicted octanol–water partition coefficient (Wildman–Crippen LogP) is 6.93. The number of aryl methyl sites for hydroxylation is 2. The minimum atomic E-state index is -0.763. The first-order chi connectivity index (χ1) is 18.3. The molecule has 1 unspecified atom stereocenters. The Morgan fingerprint density at radius 1 is 0.842 bits per heavy atom. The van der Waals surface area contributed by atoms with E-state index in [0.29, 0.717) is 11.3 Å². The van der Waals surface area contributed by atoms with Gasteiger partial charge in [-0.2, -0.15) is 0 Å².